The van der Waals surface area contributed by atoms with Crippen LogP contribution in [-0.2, 0) is 11.3 Å². The standard InChI is InChI=1S/C21H18N2O3/c1-14-19(21(24)25-2)17(20(26-14)15-8-4-3-5-9-15)13-23-18-11-7-6-10-16(18)12-22-23/h3-12H,13H2,1-2H3. The zero-order chi connectivity index (χ0) is 18.1. The second kappa shape index (κ2) is 6.52. The molecule has 0 saturated heterocycles. The molecule has 0 saturated carbocycles. The van der Waals surface area contributed by atoms with Crippen LogP contribution in [0, 0.1) is 6.92 Å². The van der Waals surface area contributed by atoms with Crippen molar-refractivity contribution in [2.24, 2.45) is 0 Å². The van der Waals surface area contributed by atoms with Crippen molar-refractivity contribution in [3.05, 3.63) is 77.7 Å². The first-order valence-electron chi connectivity index (χ1n) is 8.35. The summed E-state index contributed by atoms with van der Waals surface area (Å²) in [5, 5.41) is 5.53. The number of para-hydroxylation sites is 1. The Morgan fingerprint density at radius 1 is 1.12 bits per heavy atom. The van der Waals surface area contributed by atoms with Crippen molar-refractivity contribution in [2.45, 2.75) is 13.5 Å². The van der Waals surface area contributed by atoms with Gasteiger partial charge >= 0.3 is 5.97 Å². The molecular formula is C21H18N2O3. The summed E-state index contributed by atoms with van der Waals surface area (Å²) in [6, 6.07) is 17.7. The molecule has 0 spiro atoms. The van der Waals surface area contributed by atoms with Gasteiger partial charge in [0, 0.05) is 16.5 Å². The van der Waals surface area contributed by atoms with E-state index in [0.29, 0.717) is 23.6 Å². The highest BCUT2D eigenvalue weighted by molar-refractivity contribution is 5.94. The zero-order valence-electron chi connectivity index (χ0n) is 14.6. The molecule has 2 aromatic carbocycles. The highest BCUT2D eigenvalue weighted by Gasteiger charge is 2.25. The summed E-state index contributed by atoms with van der Waals surface area (Å²) in [4.78, 5) is 12.4. The smallest absolute Gasteiger partial charge is 0.341 e. The number of nitrogens with zero attached hydrogens (tertiary/aromatic N) is 2. The molecule has 0 fully saturated rings. The lowest BCUT2D eigenvalue weighted by Crippen LogP contribution is -2.09. The number of rotatable bonds is 4. The highest BCUT2D eigenvalue weighted by Crippen LogP contribution is 2.33. The van der Waals surface area contributed by atoms with Gasteiger partial charge in [0.25, 0.3) is 0 Å². The van der Waals surface area contributed by atoms with Gasteiger partial charge in [-0.05, 0) is 13.0 Å². The van der Waals surface area contributed by atoms with Crippen LogP contribution in [0.4, 0.5) is 0 Å². The first kappa shape index (κ1) is 16.1. The second-order valence-corrected chi connectivity index (χ2v) is 6.06. The molecule has 5 nitrogen and oxygen atoms in total. The van der Waals surface area contributed by atoms with Crippen LogP contribution in [0.3, 0.4) is 0 Å². The minimum Gasteiger partial charge on any atom is -0.465 e. The lowest BCUT2D eigenvalue weighted by Gasteiger charge is -2.07. The number of aromatic nitrogens is 2. The van der Waals surface area contributed by atoms with Gasteiger partial charge in [-0.3, -0.25) is 4.68 Å². The van der Waals surface area contributed by atoms with Crippen LogP contribution in [0.15, 0.2) is 65.2 Å². The Bertz CT molecular complexity index is 1080. The summed E-state index contributed by atoms with van der Waals surface area (Å²) in [5.41, 5.74) is 3.15. The second-order valence-electron chi connectivity index (χ2n) is 6.06. The lowest BCUT2D eigenvalue weighted by atomic mass is 10.0. The molecule has 0 N–H and O–H groups in total. The fraction of sp³-hybridized carbons (Fsp3) is 0.143. The zero-order valence-corrected chi connectivity index (χ0v) is 14.6. The Labute approximate surface area is 150 Å². The van der Waals surface area contributed by atoms with Gasteiger partial charge in [-0.25, -0.2) is 4.79 Å². The molecule has 0 unspecified atom stereocenters. The minimum absolute atomic E-state index is 0.403. The molecule has 0 atom stereocenters. The largest absolute Gasteiger partial charge is 0.465 e. The van der Waals surface area contributed by atoms with Gasteiger partial charge in [0.05, 0.1) is 25.4 Å². The fourth-order valence-corrected chi connectivity index (χ4v) is 3.24. The number of hydrogen-bond acceptors (Lipinski definition) is 4. The number of ether oxygens (including phenoxy) is 1. The van der Waals surface area contributed by atoms with Crippen LogP contribution in [0.1, 0.15) is 21.7 Å². The van der Waals surface area contributed by atoms with E-state index in [0.717, 1.165) is 22.0 Å². The number of methoxy groups -OCH3 is 1. The molecule has 4 aromatic rings. The SMILES string of the molecule is COC(=O)c1c(C)oc(-c2ccccc2)c1Cn1ncc2ccccc21. The highest BCUT2D eigenvalue weighted by atomic mass is 16.5. The molecule has 0 aliphatic carbocycles. The number of hydrogen-bond donors (Lipinski definition) is 0. The van der Waals surface area contributed by atoms with Gasteiger partial charge in [-0.2, -0.15) is 5.10 Å². The van der Waals surface area contributed by atoms with Gasteiger partial charge in [-0.1, -0.05) is 48.5 Å². The molecule has 0 amide bonds. The first-order valence-corrected chi connectivity index (χ1v) is 8.35. The number of benzene rings is 2. The summed E-state index contributed by atoms with van der Waals surface area (Å²) in [6.45, 7) is 2.20. The van der Waals surface area contributed by atoms with E-state index in [1.54, 1.807) is 6.92 Å². The molecule has 2 aromatic heterocycles. The van der Waals surface area contributed by atoms with Gasteiger partial charge < -0.3 is 9.15 Å². The van der Waals surface area contributed by atoms with E-state index in [4.69, 9.17) is 9.15 Å². The normalized spacial score (nSPS) is 11.0. The van der Waals surface area contributed by atoms with Crippen molar-refractivity contribution in [2.75, 3.05) is 7.11 Å². The molecule has 4 rings (SSSR count). The third kappa shape index (κ3) is 2.67. The maximum atomic E-state index is 12.4. The van der Waals surface area contributed by atoms with Crippen LogP contribution in [0.5, 0.6) is 0 Å². The molecule has 26 heavy (non-hydrogen) atoms. The third-order valence-electron chi connectivity index (χ3n) is 4.47. The van der Waals surface area contributed by atoms with Gasteiger partial charge in [-0.15, -0.1) is 0 Å². The Kier molecular flexibility index (Phi) is 4.05. The summed E-state index contributed by atoms with van der Waals surface area (Å²) >= 11 is 0. The van der Waals surface area contributed by atoms with Crippen molar-refractivity contribution in [3.8, 4) is 11.3 Å². The number of fused-ring (bicyclic) bond motifs is 1. The summed E-state index contributed by atoms with van der Waals surface area (Å²) in [5.74, 6) is 0.810. The summed E-state index contributed by atoms with van der Waals surface area (Å²) in [6.07, 6.45) is 1.82. The first-order chi connectivity index (χ1) is 12.7. The molecule has 0 aliphatic rings. The number of furan rings is 1. The predicted molar refractivity (Wildman–Crippen MR) is 99.1 cm³/mol. The van der Waals surface area contributed by atoms with E-state index >= 15 is 0 Å². The van der Waals surface area contributed by atoms with Crippen LogP contribution in [-0.4, -0.2) is 22.9 Å². The molecule has 130 valence electrons. The van der Waals surface area contributed by atoms with Crippen molar-refractivity contribution in [1.29, 1.82) is 0 Å². The quantitative estimate of drug-likeness (QED) is 0.513. The average Bonchev–Trinajstić information content (AvgIpc) is 3.23. The number of carbonyl (C=O) groups excluding carboxylic acids is 1. The summed E-state index contributed by atoms with van der Waals surface area (Å²) in [7, 11) is 1.38. The average molecular weight is 346 g/mol. The van der Waals surface area contributed by atoms with Gasteiger partial charge in [0.1, 0.15) is 17.1 Å². The van der Waals surface area contributed by atoms with E-state index < -0.39 is 5.97 Å². The Morgan fingerprint density at radius 2 is 1.85 bits per heavy atom. The number of carbonyl (C=O) groups is 1. The third-order valence-corrected chi connectivity index (χ3v) is 4.47. The van der Waals surface area contributed by atoms with Crippen molar-refractivity contribution in [1.82, 2.24) is 9.78 Å². The van der Waals surface area contributed by atoms with E-state index in [1.165, 1.54) is 7.11 Å². The Morgan fingerprint density at radius 3 is 2.62 bits per heavy atom. The van der Waals surface area contributed by atoms with Gasteiger partial charge in [0.2, 0.25) is 0 Å². The number of esters is 1. The predicted octanol–water partition coefficient (Wildman–Crippen LogP) is 4.44. The van der Waals surface area contributed by atoms with Crippen molar-refractivity contribution < 1.29 is 13.9 Å². The van der Waals surface area contributed by atoms with Crippen LogP contribution in [0.2, 0.25) is 0 Å². The minimum atomic E-state index is -0.403. The van der Waals surface area contributed by atoms with Crippen molar-refractivity contribution in [3.63, 3.8) is 0 Å². The molecular weight excluding hydrogens is 328 g/mol. The van der Waals surface area contributed by atoms with E-state index in [-0.39, 0.29) is 0 Å². The molecule has 0 bridgehead atoms. The van der Waals surface area contributed by atoms with Gasteiger partial charge in [0.15, 0.2) is 0 Å². The maximum absolute atomic E-state index is 12.4. The van der Waals surface area contributed by atoms with Crippen molar-refractivity contribution >= 4 is 16.9 Å². The summed E-state index contributed by atoms with van der Waals surface area (Å²) < 4.78 is 12.8. The number of aryl methyl sites for hydroxylation is 1. The van der Waals surface area contributed by atoms with Crippen LogP contribution in [0.25, 0.3) is 22.2 Å². The van der Waals surface area contributed by atoms with E-state index in [2.05, 4.69) is 5.10 Å². The molecule has 5 heteroatoms. The monoisotopic (exact) mass is 346 g/mol. The van der Waals surface area contributed by atoms with E-state index in [9.17, 15) is 4.79 Å². The molecule has 0 aliphatic heterocycles. The Hall–Kier alpha value is -3.34. The van der Waals surface area contributed by atoms with E-state index in [1.807, 2.05) is 65.5 Å². The van der Waals surface area contributed by atoms with Crippen LogP contribution >= 0.6 is 0 Å². The van der Waals surface area contributed by atoms with Crippen LogP contribution < -0.4 is 0 Å². The fourth-order valence-electron chi connectivity index (χ4n) is 3.24. The molecule has 0 radical (unpaired) electrons. The lowest BCUT2D eigenvalue weighted by molar-refractivity contribution is 0.0597. The Balaban J connectivity index is 1.89. The topological polar surface area (TPSA) is 57.3 Å². The maximum Gasteiger partial charge on any atom is 0.341 e. The molecule has 2 heterocycles.